The number of hydrogen-bond acceptors (Lipinski definition) is 2. The Hall–Kier alpha value is -1.09. The van der Waals surface area contributed by atoms with Gasteiger partial charge < -0.3 is 4.42 Å². The van der Waals surface area contributed by atoms with Gasteiger partial charge in [-0.2, -0.15) is 0 Å². The van der Waals surface area contributed by atoms with Gasteiger partial charge in [-0.15, -0.1) is 0 Å². The van der Waals surface area contributed by atoms with Gasteiger partial charge in [0.1, 0.15) is 11.3 Å². The molecule has 0 saturated carbocycles. The normalized spacial score (nSPS) is 10.7. The predicted octanol–water partition coefficient (Wildman–Crippen LogP) is 2.62. The van der Waals surface area contributed by atoms with Crippen LogP contribution >= 0.6 is 11.6 Å². The summed E-state index contributed by atoms with van der Waals surface area (Å²) < 4.78 is 17.6. The molecule has 2 nitrogen and oxygen atoms in total. The molecule has 2 aromatic rings. The van der Waals surface area contributed by atoms with Crippen LogP contribution < -0.4 is 0 Å². The second kappa shape index (κ2) is 2.20. The van der Waals surface area contributed by atoms with E-state index in [0.717, 1.165) is 0 Å². The van der Waals surface area contributed by atoms with Gasteiger partial charge in [0.25, 0.3) is 0 Å². The van der Waals surface area contributed by atoms with E-state index in [1.165, 1.54) is 18.5 Å². The minimum atomic E-state index is -0.490. The average Bonchev–Trinajstić information content (AvgIpc) is 2.36. The zero-order chi connectivity index (χ0) is 7.84. The van der Waals surface area contributed by atoms with Crippen LogP contribution in [-0.4, -0.2) is 4.98 Å². The average molecular weight is 172 g/mol. The molecule has 0 bridgehead atoms. The molecule has 0 saturated heterocycles. The van der Waals surface area contributed by atoms with Crippen LogP contribution in [0.3, 0.4) is 0 Å². The van der Waals surface area contributed by atoms with Crippen LogP contribution in [0, 0.1) is 5.82 Å². The molecule has 1 heterocycles. The molecule has 0 aliphatic rings. The molecule has 0 unspecified atom stereocenters. The second-order valence-electron chi connectivity index (χ2n) is 2.09. The topological polar surface area (TPSA) is 26.0 Å². The van der Waals surface area contributed by atoms with E-state index < -0.39 is 5.82 Å². The summed E-state index contributed by atoms with van der Waals surface area (Å²) in [7, 11) is 0. The summed E-state index contributed by atoms with van der Waals surface area (Å²) in [5.41, 5.74) is 0.975. The summed E-state index contributed by atoms with van der Waals surface area (Å²) in [6, 6.07) is 2.64. The molecule has 4 heteroatoms. The van der Waals surface area contributed by atoms with Crippen molar-refractivity contribution < 1.29 is 8.81 Å². The van der Waals surface area contributed by atoms with Crippen molar-refractivity contribution in [1.29, 1.82) is 0 Å². The Morgan fingerprint density at radius 2 is 2.27 bits per heavy atom. The third-order valence-electron chi connectivity index (χ3n) is 1.37. The van der Waals surface area contributed by atoms with Crippen molar-refractivity contribution in [3.05, 3.63) is 29.4 Å². The zero-order valence-electron chi connectivity index (χ0n) is 5.34. The lowest BCUT2D eigenvalue weighted by molar-refractivity contribution is 0.590. The molecule has 0 fully saturated rings. The highest BCUT2D eigenvalue weighted by atomic mass is 35.5. The largest absolute Gasteiger partial charge is 0.443 e. The quantitative estimate of drug-likeness (QED) is 0.609. The van der Waals surface area contributed by atoms with Crippen molar-refractivity contribution >= 4 is 22.7 Å². The van der Waals surface area contributed by atoms with E-state index in [1.807, 2.05) is 0 Å². The second-order valence-corrected chi connectivity index (χ2v) is 2.49. The first kappa shape index (κ1) is 6.61. The highest BCUT2D eigenvalue weighted by Gasteiger charge is 2.04. The number of hydrogen-bond donors (Lipinski definition) is 0. The lowest BCUT2D eigenvalue weighted by Crippen LogP contribution is -1.75. The fourth-order valence-electron chi connectivity index (χ4n) is 0.853. The Morgan fingerprint density at radius 3 is 3.09 bits per heavy atom. The number of fused-ring (bicyclic) bond motifs is 1. The Bertz CT molecular complexity index is 362. The molecule has 1 aromatic carbocycles. The standard InChI is InChI=1S/C7H3ClFNO/c8-4-1-6-7(2-5(4)9)11-3-10-6/h1-3H. The molecule has 11 heavy (non-hydrogen) atoms. The summed E-state index contributed by atoms with van der Waals surface area (Å²) in [5.74, 6) is -0.490. The van der Waals surface area contributed by atoms with Crippen LogP contribution in [0.5, 0.6) is 0 Å². The van der Waals surface area contributed by atoms with E-state index in [2.05, 4.69) is 4.98 Å². The van der Waals surface area contributed by atoms with Crippen LogP contribution in [0.2, 0.25) is 5.02 Å². The molecule has 0 aliphatic carbocycles. The fraction of sp³-hybridized carbons (Fsp3) is 0. The van der Waals surface area contributed by atoms with Crippen molar-refractivity contribution in [1.82, 2.24) is 4.98 Å². The number of benzene rings is 1. The molecule has 0 radical (unpaired) electrons. The highest BCUT2D eigenvalue weighted by molar-refractivity contribution is 6.31. The molecular weight excluding hydrogens is 169 g/mol. The van der Waals surface area contributed by atoms with E-state index in [-0.39, 0.29) is 5.02 Å². The van der Waals surface area contributed by atoms with Gasteiger partial charge in [-0.25, -0.2) is 9.37 Å². The summed E-state index contributed by atoms with van der Waals surface area (Å²) in [6.07, 6.45) is 1.25. The van der Waals surface area contributed by atoms with Gasteiger partial charge in [0.05, 0.1) is 5.02 Å². The summed E-state index contributed by atoms with van der Waals surface area (Å²) in [5, 5.41) is 0.0615. The molecule has 0 N–H and O–H groups in total. The van der Waals surface area contributed by atoms with Gasteiger partial charge in [-0.3, -0.25) is 0 Å². The third kappa shape index (κ3) is 0.973. The Morgan fingerprint density at radius 1 is 1.45 bits per heavy atom. The van der Waals surface area contributed by atoms with Crippen molar-refractivity contribution in [2.75, 3.05) is 0 Å². The molecular formula is C7H3ClFNO. The van der Waals surface area contributed by atoms with Gasteiger partial charge in [0, 0.05) is 6.07 Å². The Kier molecular flexibility index (Phi) is 1.32. The van der Waals surface area contributed by atoms with Crippen LogP contribution in [0.15, 0.2) is 22.9 Å². The zero-order valence-corrected chi connectivity index (χ0v) is 6.10. The maximum absolute atomic E-state index is 12.7. The van der Waals surface area contributed by atoms with Crippen molar-refractivity contribution in [3.8, 4) is 0 Å². The number of aromatic nitrogens is 1. The van der Waals surface area contributed by atoms with E-state index >= 15 is 0 Å². The minimum absolute atomic E-state index is 0.0615. The first-order valence-corrected chi connectivity index (χ1v) is 3.33. The van der Waals surface area contributed by atoms with Crippen molar-refractivity contribution in [2.24, 2.45) is 0 Å². The third-order valence-corrected chi connectivity index (χ3v) is 1.66. The summed E-state index contributed by atoms with van der Waals surface area (Å²) >= 11 is 5.49. The highest BCUT2D eigenvalue weighted by Crippen LogP contribution is 2.21. The first-order chi connectivity index (χ1) is 5.27. The number of oxazole rings is 1. The van der Waals surface area contributed by atoms with E-state index in [0.29, 0.717) is 11.1 Å². The predicted molar refractivity (Wildman–Crippen MR) is 39.0 cm³/mol. The monoisotopic (exact) mass is 171 g/mol. The van der Waals surface area contributed by atoms with Gasteiger partial charge in [0.15, 0.2) is 12.0 Å². The molecule has 0 aliphatic heterocycles. The minimum Gasteiger partial charge on any atom is -0.443 e. The lowest BCUT2D eigenvalue weighted by Gasteiger charge is -1.90. The maximum Gasteiger partial charge on any atom is 0.181 e. The van der Waals surface area contributed by atoms with Crippen molar-refractivity contribution in [3.63, 3.8) is 0 Å². The van der Waals surface area contributed by atoms with Crippen LogP contribution in [0.1, 0.15) is 0 Å². The smallest absolute Gasteiger partial charge is 0.181 e. The van der Waals surface area contributed by atoms with Gasteiger partial charge >= 0.3 is 0 Å². The summed E-state index contributed by atoms with van der Waals surface area (Å²) in [4.78, 5) is 3.80. The molecule has 0 spiro atoms. The van der Waals surface area contributed by atoms with Crippen molar-refractivity contribution in [2.45, 2.75) is 0 Å². The van der Waals surface area contributed by atoms with E-state index in [1.54, 1.807) is 0 Å². The Labute approximate surface area is 66.6 Å². The molecule has 0 amide bonds. The van der Waals surface area contributed by atoms with Gasteiger partial charge in [-0.05, 0) is 6.07 Å². The maximum atomic E-state index is 12.7. The Balaban J connectivity index is 2.86. The van der Waals surface area contributed by atoms with Crippen LogP contribution in [-0.2, 0) is 0 Å². The number of rotatable bonds is 0. The molecule has 0 atom stereocenters. The van der Waals surface area contributed by atoms with Crippen LogP contribution in [0.25, 0.3) is 11.1 Å². The summed E-state index contributed by atoms with van der Waals surface area (Å²) in [6.45, 7) is 0. The van der Waals surface area contributed by atoms with Gasteiger partial charge in [-0.1, -0.05) is 11.6 Å². The van der Waals surface area contributed by atoms with E-state index in [9.17, 15) is 4.39 Å². The molecule has 2 rings (SSSR count). The first-order valence-electron chi connectivity index (χ1n) is 2.95. The molecule has 56 valence electrons. The van der Waals surface area contributed by atoms with Gasteiger partial charge in [0.2, 0.25) is 0 Å². The SMILES string of the molecule is Fc1cc2ocnc2cc1Cl. The number of halogens is 2. The number of nitrogens with zero attached hydrogens (tertiary/aromatic N) is 1. The lowest BCUT2D eigenvalue weighted by atomic mass is 10.3. The van der Waals surface area contributed by atoms with E-state index in [4.69, 9.17) is 16.0 Å². The fourth-order valence-corrected chi connectivity index (χ4v) is 1.01. The van der Waals surface area contributed by atoms with Crippen LogP contribution in [0.4, 0.5) is 4.39 Å². The molecule has 1 aromatic heterocycles.